The van der Waals surface area contributed by atoms with Crippen molar-refractivity contribution in [3.63, 3.8) is 0 Å². The standard InChI is InChI=1S/C20H16F2N4O6S/c1-23-20(32-18(29)8-7-17(27)28)14-10-16(33(30,31)12-4-3-9-24-11-12)26(25-14)15-6-2-5-13(21)19(15)22/h2-11,20,23H,1H3,(H,27,28)/b8-7+. The van der Waals surface area contributed by atoms with Gasteiger partial charge in [-0.2, -0.15) is 5.10 Å². The van der Waals surface area contributed by atoms with Crippen LogP contribution in [-0.4, -0.2) is 47.3 Å². The van der Waals surface area contributed by atoms with Gasteiger partial charge in [-0.25, -0.2) is 31.5 Å². The zero-order valence-corrected chi connectivity index (χ0v) is 17.7. The molecular weight excluding hydrogens is 462 g/mol. The summed E-state index contributed by atoms with van der Waals surface area (Å²) < 4.78 is 60.6. The number of pyridine rings is 1. The number of esters is 1. The lowest BCUT2D eigenvalue weighted by molar-refractivity contribution is -0.145. The summed E-state index contributed by atoms with van der Waals surface area (Å²) in [4.78, 5) is 26.0. The number of halogens is 2. The molecule has 0 saturated heterocycles. The molecule has 1 unspecified atom stereocenters. The molecule has 10 nitrogen and oxygen atoms in total. The van der Waals surface area contributed by atoms with Crippen LogP contribution in [0.3, 0.4) is 0 Å². The molecule has 0 aliphatic rings. The number of sulfone groups is 1. The van der Waals surface area contributed by atoms with Gasteiger partial charge in [0.25, 0.3) is 0 Å². The maximum atomic E-state index is 14.5. The largest absolute Gasteiger partial charge is 0.478 e. The van der Waals surface area contributed by atoms with Crippen LogP contribution >= 0.6 is 0 Å². The van der Waals surface area contributed by atoms with E-state index in [0.717, 1.165) is 24.4 Å². The van der Waals surface area contributed by atoms with E-state index in [1.165, 1.54) is 31.4 Å². The lowest BCUT2D eigenvalue weighted by Gasteiger charge is -2.13. The second kappa shape index (κ2) is 9.67. The van der Waals surface area contributed by atoms with Crippen molar-refractivity contribution in [2.24, 2.45) is 0 Å². The molecule has 0 aliphatic carbocycles. The minimum absolute atomic E-state index is 0.180. The van der Waals surface area contributed by atoms with Crippen LogP contribution in [0.25, 0.3) is 5.69 Å². The number of benzene rings is 1. The number of aromatic nitrogens is 3. The Kier molecular flexibility index (Phi) is 6.94. The molecule has 0 amide bonds. The normalized spacial score (nSPS) is 12.6. The summed E-state index contributed by atoms with van der Waals surface area (Å²) in [6, 6.07) is 6.79. The highest BCUT2D eigenvalue weighted by Gasteiger charge is 2.29. The first-order valence-electron chi connectivity index (χ1n) is 9.13. The monoisotopic (exact) mass is 478 g/mol. The van der Waals surface area contributed by atoms with E-state index >= 15 is 0 Å². The third kappa shape index (κ3) is 5.10. The number of hydrogen-bond acceptors (Lipinski definition) is 8. The summed E-state index contributed by atoms with van der Waals surface area (Å²) in [6.07, 6.45) is 2.27. The predicted octanol–water partition coefficient (Wildman–Crippen LogP) is 1.78. The number of carboxylic acids is 1. The fourth-order valence-electron chi connectivity index (χ4n) is 2.72. The molecule has 3 rings (SSSR count). The van der Waals surface area contributed by atoms with Gasteiger partial charge in [0.05, 0.1) is 4.90 Å². The Morgan fingerprint density at radius 2 is 1.97 bits per heavy atom. The van der Waals surface area contributed by atoms with Crippen LogP contribution in [0.15, 0.2) is 70.9 Å². The molecule has 13 heteroatoms. The Labute approximate surface area is 186 Å². The van der Waals surface area contributed by atoms with E-state index in [2.05, 4.69) is 15.4 Å². The minimum Gasteiger partial charge on any atom is -0.478 e. The molecule has 172 valence electrons. The highest BCUT2D eigenvalue weighted by atomic mass is 32.2. The van der Waals surface area contributed by atoms with Crippen molar-refractivity contribution in [2.45, 2.75) is 16.1 Å². The van der Waals surface area contributed by atoms with Gasteiger partial charge in [-0.15, -0.1) is 0 Å². The van der Waals surface area contributed by atoms with Crippen LogP contribution in [0.2, 0.25) is 0 Å². The molecule has 0 aliphatic heterocycles. The van der Waals surface area contributed by atoms with Crippen LogP contribution < -0.4 is 5.32 Å². The molecule has 2 heterocycles. The molecule has 0 fully saturated rings. The van der Waals surface area contributed by atoms with Gasteiger partial charge < -0.3 is 9.84 Å². The molecule has 3 aromatic rings. The van der Waals surface area contributed by atoms with Crippen molar-refractivity contribution in [3.8, 4) is 5.69 Å². The van der Waals surface area contributed by atoms with Gasteiger partial charge in [-0.3, -0.25) is 10.3 Å². The van der Waals surface area contributed by atoms with E-state index in [4.69, 9.17) is 9.84 Å². The number of carbonyl (C=O) groups is 2. The fourth-order valence-corrected chi connectivity index (χ4v) is 4.06. The van der Waals surface area contributed by atoms with Crippen LogP contribution in [0.5, 0.6) is 0 Å². The van der Waals surface area contributed by atoms with Crippen molar-refractivity contribution in [2.75, 3.05) is 7.05 Å². The summed E-state index contributed by atoms with van der Waals surface area (Å²) >= 11 is 0. The number of rotatable bonds is 8. The minimum atomic E-state index is -4.33. The van der Waals surface area contributed by atoms with Crippen molar-refractivity contribution >= 4 is 21.8 Å². The quantitative estimate of drug-likeness (QED) is 0.282. The van der Waals surface area contributed by atoms with Gasteiger partial charge in [-0.05, 0) is 31.3 Å². The van der Waals surface area contributed by atoms with Gasteiger partial charge in [0.1, 0.15) is 11.4 Å². The molecule has 0 radical (unpaired) electrons. The number of aliphatic carboxylic acids is 1. The molecule has 0 saturated carbocycles. The highest BCUT2D eigenvalue weighted by Crippen LogP contribution is 2.28. The van der Waals surface area contributed by atoms with Crippen molar-refractivity contribution < 1.29 is 36.6 Å². The van der Waals surface area contributed by atoms with E-state index < -0.39 is 50.4 Å². The van der Waals surface area contributed by atoms with Crippen LogP contribution in [-0.2, 0) is 24.2 Å². The first-order chi connectivity index (χ1) is 15.6. The first kappa shape index (κ1) is 23.7. The van der Waals surface area contributed by atoms with Gasteiger partial charge in [0.15, 0.2) is 22.9 Å². The van der Waals surface area contributed by atoms with Crippen molar-refractivity contribution in [1.82, 2.24) is 20.1 Å². The number of hydrogen-bond donors (Lipinski definition) is 2. The zero-order chi connectivity index (χ0) is 24.2. The zero-order valence-electron chi connectivity index (χ0n) is 16.8. The van der Waals surface area contributed by atoms with Crippen molar-refractivity contribution in [1.29, 1.82) is 0 Å². The van der Waals surface area contributed by atoms with Crippen LogP contribution in [0.1, 0.15) is 11.9 Å². The number of carbonyl (C=O) groups excluding carboxylic acids is 1. The van der Waals surface area contributed by atoms with E-state index in [9.17, 15) is 26.8 Å². The Balaban J connectivity index is 2.15. The lowest BCUT2D eigenvalue weighted by Crippen LogP contribution is -2.23. The Hall–Kier alpha value is -3.97. The number of nitrogens with one attached hydrogen (secondary N) is 1. The Morgan fingerprint density at radius 1 is 1.21 bits per heavy atom. The van der Waals surface area contributed by atoms with Gasteiger partial charge in [0.2, 0.25) is 9.84 Å². The molecule has 0 bridgehead atoms. The average molecular weight is 478 g/mol. The maximum Gasteiger partial charge on any atom is 0.332 e. The summed E-state index contributed by atoms with van der Waals surface area (Å²) in [7, 11) is -2.97. The molecular formula is C20H16F2N4O6S. The summed E-state index contributed by atoms with van der Waals surface area (Å²) in [6.45, 7) is 0. The fraction of sp³-hybridized carbons (Fsp3) is 0.100. The van der Waals surface area contributed by atoms with E-state index in [1.807, 2.05) is 0 Å². The second-order valence-electron chi connectivity index (χ2n) is 6.36. The molecule has 2 aromatic heterocycles. The Bertz CT molecular complexity index is 1330. The SMILES string of the molecule is CNC(OC(=O)/C=C/C(=O)O)c1cc(S(=O)(=O)c2cccnc2)n(-c2cccc(F)c2F)n1. The summed E-state index contributed by atoms with van der Waals surface area (Å²) in [5.74, 6) is -5.04. The topological polar surface area (TPSA) is 140 Å². The second-order valence-corrected chi connectivity index (χ2v) is 8.26. The van der Waals surface area contributed by atoms with Gasteiger partial charge >= 0.3 is 11.9 Å². The summed E-state index contributed by atoms with van der Waals surface area (Å²) in [5.41, 5.74) is -0.684. The highest BCUT2D eigenvalue weighted by molar-refractivity contribution is 7.91. The first-order valence-corrected chi connectivity index (χ1v) is 10.6. The summed E-state index contributed by atoms with van der Waals surface area (Å²) in [5, 5.41) is 14.7. The van der Waals surface area contributed by atoms with E-state index in [1.54, 1.807) is 0 Å². The van der Waals surface area contributed by atoms with E-state index in [-0.39, 0.29) is 10.6 Å². The Morgan fingerprint density at radius 3 is 2.61 bits per heavy atom. The number of nitrogens with zero attached hydrogens (tertiary/aromatic N) is 3. The maximum absolute atomic E-state index is 14.5. The third-order valence-electron chi connectivity index (χ3n) is 4.20. The van der Waals surface area contributed by atoms with Gasteiger partial charge in [0, 0.05) is 30.6 Å². The smallest absolute Gasteiger partial charge is 0.332 e. The lowest BCUT2D eigenvalue weighted by atomic mass is 10.3. The average Bonchev–Trinajstić information content (AvgIpc) is 3.24. The molecule has 33 heavy (non-hydrogen) atoms. The molecule has 0 spiro atoms. The van der Waals surface area contributed by atoms with Crippen LogP contribution in [0, 0.1) is 11.6 Å². The van der Waals surface area contributed by atoms with Crippen molar-refractivity contribution in [3.05, 3.63) is 78.3 Å². The number of ether oxygens (including phenoxy) is 1. The molecule has 1 atom stereocenters. The van der Waals surface area contributed by atoms with Gasteiger partial charge in [-0.1, -0.05) is 6.07 Å². The number of carboxylic acid groups (broad SMARTS) is 1. The third-order valence-corrected chi connectivity index (χ3v) is 5.91. The van der Waals surface area contributed by atoms with E-state index in [0.29, 0.717) is 16.8 Å². The predicted molar refractivity (Wildman–Crippen MR) is 108 cm³/mol. The van der Waals surface area contributed by atoms with Crippen LogP contribution in [0.4, 0.5) is 8.78 Å². The molecule has 1 aromatic carbocycles. The molecule has 2 N–H and O–H groups in total.